The molecule has 0 unspecified atom stereocenters. The summed E-state index contributed by atoms with van der Waals surface area (Å²) >= 11 is 0. The van der Waals surface area contributed by atoms with E-state index in [1.165, 1.54) is 0 Å². The summed E-state index contributed by atoms with van der Waals surface area (Å²) in [5, 5.41) is 4.83. The van der Waals surface area contributed by atoms with Gasteiger partial charge >= 0.3 is 0 Å². The van der Waals surface area contributed by atoms with Crippen molar-refractivity contribution in [2.75, 3.05) is 27.3 Å². The summed E-state index contributed by atoms with van der Waals surface area (Å²) in [4.78, 5) is 12.8. The number of hydrogen-bond acceptors (Lipinski definition) is 4. The van der Waals surface area contributed by atoms with Crippen LogP contribution in [-0.4, -0.2) is 31.9 Å². The highest BCUT2D eigenvalue weighted by Crippen LogP contribution is 2.29. The van der Waals surface area contributed by atoms with Gasteiger partial charge in [0.15, 0.2) is 0 Å². The van der Waals surface area contributed by atoms with E-state index in [2.05, 4.69) is 5.32 Å². The first-order chi connectivity index (χ1) is 10.7. The average molecular weight is 302 g/mol. The van der Waals surface area contributed by atoms with Crippen LogP contribution in [0.5, 0.6) is 11.5 Å². The fraction of sp³-hybridized carbons (Fsp3) is 0.471. The van der Waals surface area contributed by atoms with Gasteiger partial charge in [-0.2, -0.15) is 0 Å². The first-order valence-electron chi connectivity index (χ1n) is 7.69. The van der Waals surface area contributed by atoms with Crippen LogP contribution in [0.4, 0.5) is 0 Å². The Hall–Kier alpha value is -2.01. The molecule has 1 aromatic heterocycles. The molecular formula is C17H22N2O3. The predicted octanol–water partition coefficient (Wildman–Crippen LogP) is 2.02. The van der Waals surface area contributed by atoms with Gasteiger partial charge in [-0.05, 0) is 44.0 Å². The molecule has 118 valence electrons. The minimum Gasteiger partial charge on any atom is -0.497 e. The van der Waals surface area contributed by atoms with E-state index in [1.54, 1.807) is 26.4 Å². The van der Waals surface area contributed by atoms with E-state index >= 15 is 0 Å². The van der Waals surface area contributed by atoms with Crippen LogP contribution in [0, 0.1) is 5.92 Å². The summed E-state index contributed by atoms with van der Waals surface area (Å²) in [6.45, 7) is 2.85. The predicted molar refractivity (Wildman–Crippen MR) is 86.9 cm³/mol. The van der Waals surface area contributed by atoms with Crippen LogP contribution in [0.15, 0.2) is 29.2 Å². The molecule has 1 saturated heterocycles. The van der Waals surface area contributed by atoms with E-state index < -0.39 is 0 Å². The van der Waals surface area contributed by atoms with Crippen molar-refractivity contribution in [1.82, 2.24) is 9.88 Å². The van der Waals surface area contributed by atoms with Gasteiger partial charge in [0.25, 0.3) is 5.56 Å². The van der Waals surface area contributed by atoms with E-state index in [1.807, 2.05) is 16.8 Å². The molecule has 0 amide bonds. The summed E-state index contributed by atoms with van der Waals surface area (Å²) in [6, 6.07) is 5.55. The Balaban J connectivity index is 2.02. The first-order valence-corrected chi connectivity index (χ1v) is 7.69. The molecule has 0 saturated carbocycles. The Morgan fingerprint density at radius 1 is 1.18 bits per heavy atom. The number of benzene rings is 1. The standard InChI is InChI=1S/C17H22N2O3/c1-21-13-9-15-14(16(10-13)22-2)5-8-19(17(15)20)11-12-3-6-18-7-4-12/h5,8-10,12,18H,3-4,6-7,11H2,1-2H3. The number of methoxy groups -OCH3 is 2. The van der Waals surface area contributed by atoms with Gasteiger partial charge in [-0.25, -0.2) is 0 Å². The maximum atomic E-state index is 12.8. The largest absolute Gasteiger partial charge is 0.497 e. The van der Waals surface area contributed by atoms with E-state index in [-0.39, 0.29) is 5.56 Å². The van der Waals surface area contributed by atoms with E-state index in [0.29, 0.717) is 22.8 Å². The third-order valence-electron chi connectivity index (χ3n) is 4.40. The number of fused-ring (bicyclic) bond motifs is 1. The number of nitrogens with zero attached hydrogens (tertiary/aromatic N) is 1. The fourth-order valence-corrected chi connectivity index (χ4v) is 3.11. The van der Waals surface area contributed by atoms with Gasteiger partial charge in [0.05, 0.1) is 19.6 Å². The molecule has 0 aliphatic carbocycles. The lowest BCUT2D eigenvalue weighted by molar-refractivity contribution is 0.330. The van der Waals surface area contributed by atoms with E-state index in [0.717, 1.165) is 37.9 Å². The minimum atomic E-state index is 0.0215. The molecule has 2 heterocycles. The number of pyridine rings is 1. The monoisotopic (exact) mass is 302 g/mol. The molecule has 3 rings (SSSR count). The number of nitrogens with one attached hydrogen (secondary N) is 1. The summed E-state index contributed by atoms with van der Waals surface area (Å²) in [6.07, 6.45) is 4.11. The quantitative estimate of drug-likeness (QED) is 0.939. The van der Waals surface area contributed by atoms with Crippen molar-refractivity contribution in [2.24, 2.45) is 5.92 Å². The molecule has 22 heavy (non-hydrogen) atoms. The van der Waals surface area contributed by atoms with Crippen molar-refractivity contribution in [3.63, 3.8) is 0 Å². The molecule has 1 fully saturated rings. The Morgan fingerprint density at radius 3 is 2.64 bits per heavy atom. The molecule has 0 radical (unpaired) electrons. The number of aromatic nitrogens is 1. The van der Waals surface area contributed by atoms with Crippen molar-refractivity contribution >= 4 is 10.8 Å². The second-order valence-electron chi connectivity index (χ2n) is 5.76. The second-order valence-corrected chi connectivity index (χ2v) is 5.76. The van der Waals surface area contributed by atoms with Crippen molar-refractivity contribution < 1.29 is 9.47 Å². The van der Waals surface area contributed by atoms with Crippen LogP contribution in [-0.2, 0) is 6.54 Å². The van der Waals surface area contributed by atoms with Gasteiger partial charge < -0.3 is 19.4 Å². The molecule has 5 nitrogen and oxygen atoms in total. The molecular weight excluding hydrogens is 280 g/mol. The SMILES string of the molecule is COc1cc(OC)c2ccn(CC3CCNCC3)c(=O)c2c1. The van der Waals surface area contributed by atoms with Crippen LogP contribution in [0.3, 0.4) is 0 Å². The van der Waals surface area contributed by atoms with Gasteiger partial charge in [-0.15, -0.1) is 0 Å². The number of rotatable bonds is 4. The summed E-state index contributed by atoms with van der Waals surface area (Å²) < 4.78 is 12.5. The molecule has 0 spiro atoms. The average Bonchev–Trinajstić information content (AvgIpc) is 2.57. The van der Waals surface area contributed by atoms with Gasteiger partial charge in [-0.3, -0.25) is 4.79 Å². The zero-order valence-electron chi connectivity index (χ0n) is 13.1. The molecule has 1 aliphatic rings. The van der Waals surface area contributed by atoms with Crippen LogP contribution in [0.25, 0.3) is 10.8 Å². The molecule has 1 aliphatic heterocycles. The Morgan fingerprint density at radius 2 is 1.95 bits per heavy atom. The van der Waals surface area contributed by atoms with Gasteiger partial charge in [0, 0.05) is 24.2 Å². The van der Waals surface area contributed by atoms with Gasteiger partial charge in [0.1, 0.15) is 11.5 Å². The summed E-state index contributed by atoms with van der Waals surface area (Å²) in [5.74, 6) is 1.87. The lowest BCUT2D eigenvalue weighted by Crippen LogP contribution is -2.32. The summed E-state index contributed by atoms with van der Waals surface area (Å²) in [7, 11) is 3.20. The van der Waals surface area contributed by atoms with Crippen LogP contribution >= 0.6 is 0 Å². The Bertz CT molecular complexity index is 718. The van der Waals surface area contributed by atoms with Crippen molar-refractivity contribution in [3.05, 3.63) is 34.7 Å². The highest BCUT2D eigenvalue weighted by Gasteiger charge is 2.16. The van der Waals surface area contributed by atoms with Crippen LogP contribution in [0.2, 0.25) is 0 Å². The zero-order chi connectivity index (χ0) is 15.5. The Kier molecular flexibility index (Phi) is 4.34. The van der Waals surface area contributed by atoms with Crippen molar-refractivity contribution in [1.29, 1.82) is 0 Å². The minimum absolute atomic E-state index is 0.0215. The van der Waals surface area contributed by atoms with Gasteiger partial charge in [-0.1, -0.05) is 0 Å². The smallest absolute Gasteiger partial charge is 0.258 e. The fourth-order valence-electron chi connectivity index (χ4n) is 3.11. The normalized spacial score (nSPS) is 15.9. The number of hydrogen-bond donors (Lipinski definition) is 1. The van der Waals surface area contributed by atoms with Gasteiger partial charge in [0.2, 0.25) is 0 Å². The lowest BCUT2D eigenvalue weighted by atomic mass is 9.98. The molecule has 2 aromatic rings. The molecule has 5 heteroatoms. The highest BCUT2D eigenvalue weighted by molar-refractivity contribution is 5.89. The third kappa shape index (κ3) is 2.81. The molecule has 1 aromatic carbocycles. The van der Waals surface area contributed by atoms with Crippen LogP contribution < -0.4 is 20.3 Å². The first kappa shape index (κ1) is 14.9. The third-order valence-corrected chi connectivity index (χ3v) is 4.40. The molecule has 1 N–H and O–H groups in total. The Labute approximate surface area is 129 Å². The maximum Gasteiger partial charge on any atom is 0.258 e. The number of ether oxygens (including phenoxy) is 2. The van der Waals surface area contributed by atoms with E-state index in [9.17, 15) is 4.79 Å². The molecule has 0 bridgehead atoms. The lowest BCUT2D eigenvalue weighted by Gasteiger charge is -2.23. The maximum absolute atomic E-state index is 12.8. The number of piperidine rings is 1. The van der Waals surface area contributed by atoms with E-state index in [4.69, 9.17) is 9.47 Å². The second kappa shape index (κ2) is 6.40. The van der Waals surface area contributed by atoms with Crippen molar-refractivity contribution in [3.8, 4) is 11.5 Å². The highest BCUT2D eigenvalue weighted by atomic mass is 16.5. The molecule has 0 atom stereocenters. The zero-order valence-corrected chi connectivity index (χ0v) is 13.1. The van der Waals surface area contributed by atoms with Crippen molar-refractivity contribution in [2.45, 2.75) is 19.4 Å². The topological polar surface area (TPSA) is 52.5 Å². The van der Waals surface area contributed by atoms with Crippen LogP contribution in [0.1, 0.15) is 12.8 Å². The summed E-state index contributed by atoms with van der Waals surface area (Å²) in [5.41, 5.74) is 0.0215.